The zero-order valence-corrected chi connectivity index (χ0v) is 15.4. The molecule has 6 heteroatoms. The van der Waals surface area contributed by atoms with Crippen LogP contribution in [0.3, 0.4) is 0 Å². The summed E-state index contributed by atoms with van der Waals surface area (Å²) in [5.74, 6) is 0.0801. The number of Topliss-reactive ketones (excluding diaryl/α,β-unsaturated/α-hetero) is 1. The number of hydrogen-bond donors (Lipinski definition) is 1. The smallest absolute Gasteiger partial charge is 0.271 e. The minimum Gasteiger partial charge on any atom is -0.497 e. The van der Waals surface area contributed by atoms with Gasteiger partial charge in [-0.3, -0.25) is 14.2 Å². The monoisotopic (exact) mass is 354 g/mol. The zero-order valence-electron chi connectivity index (χ0n) is 15.4. The van der Waals surface area contributed by atoms with E-state index in [2.05, 4.69) is 0 Å². The van der Waals surface area contributed by atoms with Crippen LogP contribution >= 0.6 is 0 Å². The number of aromatic hydroxyl groups is 1. The Kier molecular flexibility index (Phi) is 5.83. The van der Waals surface area contributed by atoms with Crippen molar-refractivity contribution in [3.05, 3.63) is 56.9 Å². The van der Waals surface area contributed by atoms with Crippen molar-refractivity contribution < 1.29 is 14.6 Å². The van der Waals surface area contributed by atoms with Gasteiger partial charge in [0.2, 0.25) is 5.88 Å². The van der Waals surface area contributed by atoms with Gasteiger partial charge in [0.15, 0.2) is 5.78 Å². The highest BCUT2D eigenvalue weighted by atomic mass is 16.5. The lowest BCUT2D eigenvalue weighted by Crippen LogP contribution is -2.27. The van der Waals surface area contributed by atoms with E-state index in [9.17, 15) is 20.0 Å². The second-order valence-corrected chi connectivity index (χ2v) is 6.57. The molecule has 0 saturated heterocycles. The van der Waals surface area contributed by atoms with Crippen LogP contribution in [-0.2, 0) is 6.54 Å². The molecule has 0 spiro atoms. The molecule has 26 heavy (non-hydrogen) atoms. The normalized spacial score (nSPS) is 10.6. The van der Waals surface area contributed by atoms with E-state index in [4.69, 9.17) is 4.74 Å². The molecule has 1 aromatic heterocycles. The maximum Gasteiger partial charge on any atom is 0.271 e. The summed E-state index contributed by atoms with van der Waals surface area (Å²) in [6.45, 7) is 5.35. The first kappa shape index (κ1) is 19.3. The molecular formula is C20H22N2O4. The van der Waals surface area contributed by atoms with Gasteiger partial charge in [0, 0.05) is 6.42 Å². The van der Waals surface area contributed by atoms with E-state index in [0.29, 0.717) is 5.75 Å². The van der Waals surface area contributed by atoms with Crippen LogP contribution in [0, 0.1) is 24.2 Å². The average Bonchev–Trinajstić information content (AvgIpc) is 2.59. The fourth-order valence-corrected chi connectivity index (χ4v) is 2.82. The molecule has 0 saturated carbocycles. The van der Waals surface area contributed by atoms with E-state index in [1.807, 2.05) is 19.9 Å². The van der Waals surface area contributed by atoms with Crippen LogP contribution < -0.4 is 10.3 Å². The maximum atomic E-state index is 12.6. The second kappa shape index (κ2) is 7.87. The average molecular weight is 354 g/mol. The number of benzene rings is 1. The SMILES string of the molecule is COc1ccc(Cn2c(O)c(C(=O)CC(C)C)c(C)c(C#N)c2=O)cc1. The minimum absolute atomic E-state index is 0.0448. The molecule has 0 bridgehead atoms. The third-order valence-corrected chi connectivity index (χ3v) is 4.17. The number of carbonyl (C=O) groups excluding carboxylic acids is 1. The van der Waals surface area contributed by atoms with Gasteiger partial charge in [0.05, 0.1) is 19.2 Å². The van der Waals surface area contributed by atoms with Crippen LogP contribution in [0.1, 0.15) is 47.3 Å². The molecular weight excluding hydrogens is 332 g/mol. The first-order chi connectivity index (χ1) is 12.3. The lowest BCUT2D eigenvalue weighted by molar-refractivity contribution is 0.0963. The van der Waals surface area contributed by atoms with Gasteiger partial charge >= 0.3 is 0 Å². The fourth-order valence-electron chi connectivity index (χ4n) is 2.82. The summed E-state index contributed by atoms with van der Waals surface area (Å²) in [6, 6.07) is 8.85. The van der Waals surface area contributed by atoms with E-state index in [1.54, 1.807) is 31.4 Å². The highest BCUT2D eigenvalue weighted by molar-refractivity contribution is 6.00. The van der Waals surface area contributed by atoms with Crippen LogP contribution in [0.5, 0.6) is 11.6 Å². The van der Waals surface area contributed by atoms with Crippen LogP contribution in [0.15, 0.2) is 29.1 Å². The predicted molar refractivity (Wildman–Crippen MR) is 97.7 cm³/mol. The molecule has 136 valence electrons. The molecule has 0 aliphatic heterocycles. The van der Waals surface area contributed by atoms with E-state index >= 15 is 0 Å². The lowest BCUT2D eigenvalue weighted by Gasteiger charge is -2.16. The van der Waals surface area contributed by atoms with Gasteiger partial charge in [-0.1, -0.05) is 26.0 Å². The van der Waals surface area contributed by atoms with E-state index in [-0.39, 0.29) is 41.4 Å². The molecule has 2 rings (SSSR count). The largest absolute Gasteiger partial charge is 0.497 e. The highest BCUT2D eigenvalue weighted by Gasteiger charge is 2.24. The number of pyridine rings is 1. The number of hydrogen-bond acceptors (Lipinski definition) is 5. The lowest BCUT2D eigenvalue weighted by atomic mass is 9.96. The summed E-state index contributed by atoms with van der Waals surface area (Å²) < 4.78 is 6.17. The van der Waals surface area contributed by atoms with Crippen molar-refractivity contribution >= 4 is 5.78 Å². The summed E-state index contributed by atoms with van der Waals surface area (Å²) in [5.41, 5.74) is 0.274. The molecule has 6 nitrogen and oxygen atoms in total. The van der Waals surface area contributed by atoms with Gasteiger partial charge in [0.1, 0.15) is 17.4 Å². The Morgan fingerprint density at radius 1 is 1.31 bits per heavy atom. The first-order valence-corrected chi connectivity index (χ1v) is 8.32. The van der Waals surface area contributed by atoms with Gasteiger partial charge in [0.25, 0.3) is 5.56 Å². The highest BCUT2D eigenvalue weighted by Crippen LogP contribution is 2.25. The fraction of sp³-hybridized carbons (Fsp3) is 0.350. The van der Waals surface area contributed by atoms with Crippen LogP contribution in [0.2, 0.25) is 0 Å². The van der Waals surface area contributed by atoms with Gasteiger partial charge < -0.3 is 9.84 Å². The standard InChI is InChI=1S/C20H22N2O4/c1-12(2)9-17(23)18-13(3)16(10-21)19(24)22(20(18)25)11-14-5-7-15(26-4)8-6-14/h5-8,12,25H,9,11H2,1-4H3. The third-order valence-electron chi connectivity index (χ3n) is 4.17. The number of rotatable bonds is 6. The molecule has 0 aliphatic carbocycles. The molecule has 1 N–H and O–H groups in total. The van der Waals surface area contributed by atoms with Gasteiger partial charge in [-0.25, -0.2) is 0 Å². The molecule has 1 aromatic carbocycles. The van der Waals surface area contributed by atoms with E-state index < -0.39 is 11.4 Å². The molecule has 0 unspecified atom stereocenters. The molecule has 0 aliphatic rings. The van der Waals surface area contributed by atoms with Gasteiger partial charge in [-0.2, -0.15) is 5.26 Å². The predicted octanol–water partition coefficient (Wildman–Crippen LogP) is 3.02. The molecule has 0 fully saturated rings. The Morgan fingerprint density at radius 2 is 1.92 bits per heavy atom. The van der Waals surface area contributed by atoms with Crippen molar-refractivity contribution in [2.24, 2.45) is 5.92 Å². The Labute approximate surface area is 152 Å². The summed E-state index contributed by atoms with van der Waals surface area (Å²) in [7, 11) is 1.55. The van der Waals surface area contributed by atoms with Gasteiger partial charge in [-0.15, -0.1) is 0 Å². The van der Waals surface area contributed by atoms with E-state index in [1.165, 1.54) is 6.92 Å². The van der Waals surface area contributed by atoms with E-state index in [0.717, 1.165) is 10.1 Å². The zero-order chi connectivity index (χ0) is 19.4. The van der Waals surface area contributed by atoms with Crippen LogP contribution in [0.4, 0.5) is 0 Å². The number of ether oxygens (including phenoxy) is 1. The van der Waals surface area contributed by atoms with Gasteiger partial charge in [-0.05, 0) is 36.1 Å². The second-order valence-electron chi connectivity index (χ2n) is 6.57. The first-order valence-electron chi connectivity index (χ1n) is 8.32. The number of ketones is 1. The number of nitriles is 1. The molecule has 0 amide bonds. The summed E-state index contributed by atoms with van der Waals surface area (Å²) in [6.07, 6.45) is 0.222. The minimum atomic E-state index is -0.612. The van der Waals surface area contributed by atoms with Crippen molar-refractivity contribution in [1.29, 1.82) is 5.26 Å². The quantitative estimate of drug-likeness (QED) is 0.805. The van der Waals surface area contributed by atoms with Crippen molar-refractivity contribution in [3.8, 4) is 17.7 Å². The van der Waals surface area contributed by atoms with Crippen LogP contribution in [-0.4, -0.2) is 22.6 Å². The van der Waals surface area contributed by atoms with Crippen molar-refractivity contribution in [2.45, 2.75) is 33.7 Å². The number of methoxy groups -OCH3 is 1. The van der Waals surface area contributed by atoms with Crippen molar-refractivity contribution in [3.63, 3.8) is 0 Å². The maximum absolute atomic E-state index is 12.6. The Balaban J connectivity index is 2.59. The van der Waals surface area contributed by atoms with Crippen LogP contribution in [0.25, 0.3) is 0 Å². The number of nitrogens with zero attached hydrogens (tertiary/aromatic N) is 2. The van der Waals surface area contributed by atoms with Crippen molar-refractivity contribution in [1.82, 2.24) is 4.57 Å². The summed E-state index contributed by atoms with van der Waals surface area (Å²) >= 11 is 0. The third kappa shape index (κ3) is 3.77. The number of aromatic nitrogens is 1. The Morgan fingerprint density at radius 3 is 2.42 bits per heavy atom. The molecule has 1 heterocycles. The Hall–Kier alpha value is -3.07. The summed E-state index contributed by atoms with van der Waals surface area (Å²) in [5, 5.41) is 20.0. The molecule has 2 aromatic rings. The topological polar surface area (TPSA) is 92.3 Å². The number of carbonyl (C=O) groups is 1. The molecule has 0 radical (unpaired) electrons. The Bertz CT molecular complexity index is 919. The summed E-state index contributed by atoms with van der Waals surface area (Å²) in [4.78, 5) is 25.2. The molecule has 0 atom stereocenters. The van der Waals surface area contributed by atoms with Crippen molar-refractivity contribution in [2.75, 3.05) is 7.11 Å².